The van der Waals surface area contributed by atoms with E-state index in [1.807, 2.05) is 6.07 Å². The van der Waals surface area contributed by atoms with Gasteiger partial charge in [-0.15, -0.1) is 0 Å². The number of nitrogens with zero attached hydrogens (tertiary/aromatic N) is 1. The number of rotatable bonds is 5. The van der Waals surface area contributed by atoms with Crippen molar-refractivity contribution in [2.24, 2.45) is 5.92 Å². The minimum atomic E-state index is -0.998. The highest BCUT2D eigenvalue weighted by atomic mass is 16.5. The van der Waals surface area contributed by atoms with Crippen molar-refractivity contribution in [1.82, 2.24) is 4.90 Å². The summed E-state index contributed by atoms with van der Waals surface area (Å²) in [5, 5.41) is 8.96. The molecule has 2 heterocycles. The molecule has 0 unspecified atom stereocenters. The highest BCUT2D eigenvalue weighted by molar-refractivity contribution is 5.86. The van der Waals surface area contributed by atoms with E-state index in [1.165, 1.54) is 0 Å². The van der Waals surface area contributed by atoms with Crippen LogP contribution >= 0.6 is 0 Å². The average Bonchev–Trinajstić information content (AvgIpc) is 2.73. The number of methoxy groups -OCH3 is 1. The number of hydrogen-bond acceptors (Lipinski definition) is 4. The average molecular weight is 267 g/mol. The van der Waals surface area contributed by atoms with Crippen LogP contribution in [-0.2, 0) is 11.3 Å². The number of carbonyl (C=O) groups is 1. The molecule has 1 aromatic heterocycles. The summed E-state index contributed by atoms with van der Waals surface area (Å²) in [6.45, 7) is 5.30. The molecule has 0 radical (unpaired) electrons. The van der Waals surface area contributed by atoms with Crippen LogP contribution in [0.2, 0.25) is 0 Å². The number of carboxylic acid groups (broad SMARTS) is 1. The van der Waals surface area contributed by atoms with Crippen molar-refractivity contribution in [2.45, 2.75) is 26.3 Å². The fourth-order valence-corrected chi connectivity index (χ4v) is 2.61. The van der Waals surface area contributed by atoms with Crippen LogP contribution < -0.4 is 0 Å². The van der Waals surface area contributed by atoms with E-state index in [0.717, 1.165) is 38.3 Å². The van der Waals surface area contributed by atoms with Gasteiger partial charge >= 0.3 is 5.97 Å². The third kappa shape index (κ3) is 3.58. The quantitative estimate of drug-likeness (QED) is 0.885. The zero-order chi connectivity index (χ0) is 13.8. The first kappa shape index (κ1) is 14.1. The molecule has 0 amide bonds. The lowest BCUT2D eigenvalue weighted by Crippen LogP contribution is -2.34. The third-order valence-electron chi connectivity index (χ3n) is 3.65. The Morgan fingerprint density at radius 3 is 2.74 bits per heavy atom. The second-order valence-electron chi connectivity index (χ2n) is 5.20. The summed E-state index contributed by atoms with van der Waals surface area (Å²) < 4.78 is 10.6. The van der Waals surface area contributed by atoms with Crippen molar-refractivity contribution in [3.8, 4) is 0 Å². The smallest absolute Gasteiger partial charge is 0.372 e. The Bertz CT molecular complexity index is 433. The van der Waals surface area contributed by atoms with Gasteiger partial charge in [0.05, 0.1) is 6.54 Å². The number of carboxylic acids is 1. The fourth-order valence-electron chi connectivity index (χ4n) is 2.61. The van der Waals surface area contributed by atoms with Crippen molar-refractivity contribution in [1.29, 1.82) is 0 Å². The van der Waals surface area contributed by atoms with E-state index in [1.54, 1.807) is 14.0 Å². The molecule has 1 aliphatic heterocycles. The summed E-state index contributed by atoms with van der Waals surface area (Å²) in [6, 6.07) is 1.82. The van der Waals surface area contributed by atoms with Crippen molar-refractivity contribution < 1.29 is 19.1 Å². The molecule has 106 valence electrons. The van der Waals surface area contributed by atoms with Gasteiger partial charge in [0.25, 0.3) is 0 Å². The molecule has 19 heavy (non-hydrogen) atoms. The maximum atomic E-state index is 10.9. The van der Waals surface area contributed by atoms with E-state index in [-0.39, 0.29) is 5.76 Å². The van der Waals surface area contributed by atoms with E-state index in [2.05, 4.69) is 4.90 Å². The van der Waals surface area contributed by atoms with Crippen molar-refractivity contribution in [3.05, 3.63) is 23.2 Å². The second kappa shape index (κ2) is 6.21. The number of aromatic carboxylic acids is 1. The number of aryl methyl sites for hydroxylation is 1. The molecule has 1 aliphatic rings. The van der Waals surface area contributed by atoms with Crippen molar-refractivity contribution in [3.63, 3.8) is 0 Å². The zero-order valence-corrected chi connectivity index (χ0v) is 11.5. The van der Waals surface area contributed by atoms with Gasteiger partial charge in [0.15, 0.2) is 0 Å². The number of ether oxygens (including phenoxy) is 1. The normalized spacial score (nSPS) is 17.8. The van der Waals surface area contributed by atoms with Crippen LogP contribution in [-0.4, -0.2) is 42.8 Å². The van der Waals surface area contributed by atoms with Crippen LogP contribution in [0.3, 0.4) is 0 Å². The minimum Gasteiger partial charge on any atom is -0.475 e. The molecule has 0 atom stereocenters. The Hall–Kier alpha value is -1.33. The predicted octanol–water partition coefficient (Wildman–Crippen LogP) is 2.14. The lowest BCUT2D eigenvalue weighted by Gasteiger charge is -2.30. The van der Waals surface area contributed by atoms with Crippen molar-refractivity contribution >= 4 is 5.97 Å². The molecule has 0 bridgehead atoms. The van der Waals surface area contributed by atoms with Gasteiger partial charge in [0.1, 0.15) is 5.76 Å². The molecular weight excluding hydrogens is 246 g/mol. The number of piperidine rings is 1. The first-order valence-electron chi connectivity index (χ1n) is 6.64. The Labute approximate surface area is 113 Å². The Morgan fingerprint density at radius 2 is 2.21 bits per heavy atom. The van der Waals surface area contributed by atoms with Gasteiger partial charge in [-0.3, -0.25) is 4.90 Å². The first-order chi connectivity index (χ1) is 9.10. The van der Waals surface area contributed by atoms with Gasteiger partial charge in [-0.25, -0.2) is 4.79 Å². The molecule has 0 spiro atoms. The Balaban J connectivity index is 1.89. The first-order valence-corrected chi connectivity index (χ1v) is 6.64. The Morgan fingerprint density at radius 1 is 1.53 bits per heavy atom. The molecule has 1 aromatic rings. The molecule has 0 aromatic carbocycles. The van der Waals surface area contributed by atoms with E-state index in [9.17, 15) is 4.79 Å². The van der Waals surface area contributed by atoms with Crippen molar-refractivity contribution in [2.75, 3.05) is 26.8 Å². The molecule has 0 aliphatic carbocycles. The number of hydrogen-bond donors (Lipinski definition) is 1. The van der Waals surface area contributed by atoms with E-state index >= 15 is 0 Å². The van der Waals surface area contributed by atoms with Gasteiger partial charge in [0, 0.05) is 19.3 Å². The summed E-state index contributed by atoms with van der Waals surface area (Å²) in [5.41, 5.74) is 0.691. The van der Waals surface area contributed by atoms with Gasteiger partial charge in [-0.1, -0.05) is 0 Å². The summed E-state index contributed by atoms with van der Waals surface area (Å²) in [5.74, 6) is 0.445. The summed E-state index contributed by atoms with van der Waals surface area (Å²) in [6.07, 6.45) is 2.25. The third-order valence-corrected chi connectivity index (χ3v) is 3.65. The highest BCUT2D eigenvalue weighted by Gasteiger charge is 2.21. The lowest BCUT2D eigenvalue weighted by molar-refractivity contribution is 0.0653. The predicted molar refractivity (Wildman–Crippen MR) is 70.3 cm³/mol. The highest BCUT2D eigenvalue weighted by Crippen LogP contribution is 2.21. The van der Waals surface area contributed by atoms with Gasteiger partial charge in [-0.05, 0) is 44.8 Å². The maximum Gasteiger partial charge on any atom is 0.372 e. The minimum absolute atomic E-state index is 0.0595. The second-order valence-corrected chi connectivity index (χ2v) is 5.20. The summed E-state index contributed by atoms with van der Waals surface area (Å²) in [7, 11) is 1.74. The molecular formula is C14H21NO4. The molecule has 1 fully saturated rings. The molecule has 1 saturated heterocycles. The summed E-state index contributed by atoms with van der Waals surface area (Å²) >= 11 is 0. The van der Waals surface area contributed by atoms with Crippen LogP contribution in [0.1, 0.15) is 34.7 Å². The largest absolute Gasteiger partial charge is 0.475 e. The Kier molecular flexibility index (Phi) is 4.61. The molecule has 5 heteroatoms. The molecule has 5 nitrogen and oxygen atoms in total. The monoisotopic (exact) mass is 267 g/mol. The van der Waals surface area contributed by atoms with Crippen LogP contribution in [0.25, 0.3) is 0 Å². The lowest BCUT2D eigenvalue weighted by atomic mass is 9.98. The van der Waals surface area contributed by atoms with Gasteiger partial charge in [-0.2, -0.15) is 0 Å². The summed E-state index contributed by atoms with van der Waals surface area (Å²) in [4.78, 5) is 13.2. The zero-order valence-electron chi connectivity index (χ0n) is 11.5. The topological polar surface area (TPSA) is 62.9 Å². The maximum absolute atomic E-state index is 10.9. The van der Waals surface area contributed by atoms with Crippen LogP contribution in [0.5, 0.6) is 0 Å². The van der Waals surface area contributed by atoms with Gasteiger partial charge < -0.3 is 14.3 Å². The molecule has 0 saturated carbocycles. The number of likely N-dealkylation sites (tertiary alicyclic amines) is 1. The molecule has 1 N–H and O–H groups in total. The fraction of sp³-hybridized carbons (Fsp3) is 0.643. The molecule has 2 rings (SSSR count). The SMILES string of the molecule is COCC1CCN(Cc2cc(C)c(C(=O)O)o2)CC1. The standard InChI is InChI=1S/C14H21NO4/c1-10-7-12(19-13(10)14(16)17)8-15-5-3-11(4-6-15)9-18-2/h7,11H,3-6,8-9H2,1-2H3,(H,16,17). The number of furan rings is 1. The van der Waals surface area contributed by atoms with Gasteiger partial charge in [0.2, 0.25) is 5.76 Å². The van der Waals surface area contributed by atoms with Crippen LogP contribution in [0, 0.1) is 12.8 Å². The van der Waals surface area contributed by atoms with Crippen LogP contribution in [0.4, 0.5) is 0 Å². The van der Waals surface area contributed by atoms with Crippen LogP contribution in [0.15, 0.2) is 10.5 Å². The van der Waals surface area contributed by atoms with E-state index in [4.69, 9.17) is 14.3 Å². The van der Waals surface area contributed by atoms with E-state index < -0.39 is 5.97 Å². The van der Waals surface area contributed by atoms with E-state index in [0.29, 0.717) is 18.0 Å².